The summed E-state index contributed by atoms with van der Waals surface area (Å²) in [5.41, 5.74) is 5.68. The van der Waals surface area contributed by atoms with E-state index in [-0.39, 0.29) is 18.0 Å². The SMILES string of the molecule is Nc1cc[c]([Cu][CH2]COS(=O)(=O)O)cc1O.O=[SH2]=O. The second-order valence-corrected chi connectivity index (χ2v) is 5.35. The van der Waals surface area contributed by atoms with E-state index in [1.807, 2.05) is 0 Å². The van der Waals surface area contributed by atoms with Crippen LogP contribution in [-0.2, 0) is 41.1 Å². The predicted octanol–water partition coefficient (Wildman–Crippen LogP) is -1.29. The first-order valence-electron chi connectivity index (χ1n) is 4.49. The first-order valence-corrected chi connectivity index (χ1v) is 7.81. The van der Waals surface area contributed by atoms with Crippen molar-refractivity contribution in [3.05, 3.63) is 18.2 Å². The minimum atomic E-state index is -4.38. The van der Waals surface area contributed by atoms with Gasteiger partial charge < -0.3 is 0 Å². The van der Waals surface area contributed by atoms with Crippen LogP contribution in [-0.4, -0.2) is 33.1 Å². The van der Waals surface area contributed by atoms with Crippen molar-refractivity contribution in [2.24, 2.45) is 0 Å². The van der Waals surface area contributed by atoms with Crippen molar-refractivity contribution in [2.45, 2.75) is 5.32 Å². The monoisotopic (exact) mass is 362 g/mol. The Balaban J connectivity index is 0.000000982. The van der Waals surface area contributed by atoms with Crippen LogP contribution in [0.25, 0.3) is 0 Å². The van der Waals surface area contributed by atoms with Gasteiger partial charge in [0, 0.05) is 0 Å². The molecule has 0 aromatic heterocycles. The van der Waals surface area contributed by atoms with E-state index in [2.05, 4.69) is 4.18 Å². The van der Waals surface area contributed by atoms with Gasteiger partial charge in [0.1, 0.15) is 11.6 Å². The third kappa shape index (κ3) is 9.70. The Morgan fingerprint density at radius 2 is 1.95 bits per heavy atom. The van der Waals surface area contributed by atoms with Gasteiger partial charge in [-0.1, -0.05) is 0 Å². The van der Waals surface area contributed by atoms with Gasteiger partial charge in [-0.2, -0.15) is 0 Å². The van der Waals surface area contributed by atoms with Crippen LogP contribution >= 0.6 is 0 Å². The summed E-state index contributed by atoms with van der Waals surface area (Å²) in [6.45, 7) is -0.149. The molecule has 4 N–H and O–H groups in total. The van der Waals surface area contributed by atoms with E-state index in [0.29, 0.717) is 5.32 Å². The summed E-state index contributed by atoms with van der Waals surface area (Å²) in [7, 11) is -4.38. The summed E-state index contributed by atoms with van der Waals surface area (Å²) in [6, 6.07) is 4.68. The van der Waals surface area contributed by atoms with Gasteiger partial charge in [0.2, 0.25) is 0 Å². The van der Waals surface area contributed by atoms with E-state index >= 15 is 0 Å². The first kappa shape index (κ1) is 18.2. The standard InChI is InChI=1S/C6H6NO.C2H5O4S.Cu.H2O2S/c7-5-3-1-2-4-6(5)8;1-2-6-7(3,4)5;;1-3-2/h1,3-4,8H,7H2;1-2H2,(H,3,4,5);;3H2. The summed E-state index contributed by atoms with van der Waals surface area (Å²) >= 11 is -0.0550. The molecule has 0 atom stereocenters. The largest absolute Gasteiger partial charge is 0.235 e. The maximum absolute atomic E-state index is 10.2. The Morgan fingerprint density at radius 3 is 2.42 bits per heavy atom. The van der Waals surface area contributed by atoms with Crippen molar-refractivity contribution in [3.8, 4) is 5.75 Å². The molecule has 0 heterocycles. The van der Waals surface area contributed by atoms with Crippen molar-refractivity contribution in [1.29, 1.82) is 0 Å². The van der Waals surface area contributed by atoms with Crippen molar-refractivity contribution in [1.82, 2.24) is 0 Å². The number of hydrogen-bond donors (Lipinski definition) is 3. The molecule has 0 saturated carbocycles. The smallest absolute Gasteiger partial charge is 0.129 e. The van der Waals surface area contributed by atoms with Crippen LogP contribution in [0.15, 0.2) is 18.2 Å². The minimum Gasteiger partial charge on any atom is -0.235 e. The van der Waals surface area contributed by atoms with Gasteiger partial charge in [-0.3, -0.25) is 0 Å². The van der Waals surface area contributed by atoms with Gasteiger partial charge in [-0.25, -0.2) is 8.42 Å². The molecule has 0 aliphatic rings. The number of anilines is 1. The van der Waals surface area contributed by atoms with E-state index in [1.54, 1.807) is 12.1 Å². The van der Waals surface area contributed by atoms with Crippen LogP contribution in [0.4, 0.5) is 5.69 Å². The number of benzene rings is 1. The summed E-state index contributed by atoms with van der Waals surface area (Å²) in [5.74, 6) is -0.0297. The number of nitrogens with two attached hydrogens (primary N) is 1. The average Bonchev–Trinajstić information content (AvgIpc) is 2.29. The third-order valence-electron chi connectivity index (χ3n) is 1.46. The molecule has 1 rings (SSSR count). The fourth-order valence-corrected chi connectivity index (χ4v) is 2.09. The van der Waals surface area contributed by atoms with Crippen molar-refractivity contribution in [2.75, 3.05) is 12.3 Å². The molecule has 0 fully saturated rings. The molecule has 0 aliphatic heterocycles. The van der Waals surface area contributed by atoms with Crippen LogP contribution in [0.5, 0.6) is 5.75 Å². The molecule has 0 bridgehead atoms. The van der Waals surface area contributed by atoms with E-state index in [0.717, 1.165) is 4.46 Å². The van der Waals surface area contributed by atoms with Crippen LogP contribution < -0.4 is 10.2 Å². The molecule has 1 aromatic carbocycles. The Labute approximate surface area is 119 Å². The van der Waals surface area contributed by atoms with Gasteiger partial charge in [-0.05, 0) is 0 Å². The topological polar surface area (TPSA) is 144 Å². The Kier molecular flexibility index (Phi) is 8.72. The Morgan fingerprint density at radius 1 is 1.37 bits per heavy atom. The second kappa shape index (κ2) is 9.13. The van der Waals surface area contributed by atoms with Gasteiger partial charge in [0.05, 0.1) is 0 Å². The summed E-state index contributed by atoms with van der Waals surface area (Å²) < 4.78 is 50.3. The molecular formula is C8H13CuNO7S2. The summed E-state index contributed by atoms with van der Waals surface area (Å²) in [5, 5.41) is 9.59. The molecule has 1 aromatic rings. The normalized spacial score (nSPS) is 10.8. The zero-order valence-electron chi connectivity index (χ0n) is 9.37. The molecular weight excluding hydrogens is 350 g/mol. The van der Waals surface area contributed by atoms with Crippen LogP contribution in [0.2, 0.25) is 5.32 Å². The van der Waals surface area contributed by atoms with Crippen LogP contribution in [0, 0.1) is 0 Å². The van der Waals surface area contributed by atoms with Gasteiger partial charge in [0.15, 0.2) is 0 Å². The quantitative estimate of drug-likeness (QED) is 0.193. The van der Waals surface area contributed by atoms with E-state index < -0.39 is 22.0 Å². The van der Waals surface area contributed by atoms with E-state index in [9.17, 15) is 13.5 Å². The van der Waals surface area contributed by atoms with Crippen molar-refractivity contribution < 1.29 is 45.6 Å². The fourth-order valence-electron chi connectivity index (χ4n) is 0.815. The first-order chi connectivity index (χ1) is 8.80. The molecule has 8 nitrogen and oxygen atoms in total. The number of aromatic hydroxyl groups is 1. The predicted molar refractivity (Wildman–Crippen MR) is 66.2 cm³/mol. The summed E-state index contributed by atoms with van der Waals surface area (Å²) in [6.07, 6.45) is 0. The van der Waals surface area contributed by atoms with Gasteiger partial charge in [0.25, 0.3) is 0 Å². The minimum absolute atomic E-state index is 0.0297. The molecule has 0 unspecified atom stereocenters. The third-order valence-corrected chi connectivity index (χ3v) is 3.03. The fraction of sp³-hybridized carbons (Fsp3) is 0.250. The Bertz CT molecular complexity index is 542. The van der Waals surface area contributed by atoms with Crippen LogP contribution in [0.1, 0.15) is 0 Å². The van der Waals surface area contributed by atoms with Crippen molar-refractivity contribution >= 4 is 32.1 Å². The second-order valence-electron chi connectivity index (χ2n) is 2.75. The Hall–Kier alpha value is -0.841. The molecule has 0 radical (unpaired) electrons. The number of hydrogen-bond acceptors (Lipinski definition) is 7. The number of phenolic OH excluding ortho intramolecular Hbond substituents is 1. The van der Waals surface area contributed by atoms with E-state index in [4.69, 9.17) is 18.7 Å². The zero-order valence-corrected chi connectivity index (χ0v) is 12.1. The maximum Gasteiger partial charge on any atom is 0.129 e. The van der Waals surface area contributed by atoms with E-state index in [1.165, 1.54) is 21.0 Å². The number of rotatable bonds is 5. The van der Waals surface area contributed by atoms with Crippen LogP contribution in [0.3, 0.4) is 0 Å². The maximum atomic E-state index is 10.2. The molecule has 19 heavy (non-hydrogen) atoms. The van der Waals surface area contributed by atoms with Gasteiger partial charge in [-0.15, -0.1) is 0 Å². The molecule has 0 saturated heterocycles. The molecule has 115 valence electrons. The molecule has 0 amide bonds. The zero-order chi connectivity index (χ0) is 14.9. The number of nitrogen functional groups attached to an aromatic ring is 1. The average molecular weight is 363 g/mol. The van der Waals surface area contributed by atoms with Crippen molar-refractivity contribution in [3.63, 3.8) is 0 Å². The summed E-state index contributed by atoms with van der Waals surface area (Å²) in [4.78, 5) is 0. The molecule has 11 heteroatoms. The van der Waals surface area contributed by atoms with Gasteiger partial charge >= 0.3 is 99.4 Å². The molecule has 0 spiro atoms. The number of phenols is 1. The molecule has 0 aliphatic carbocycles.